The Balaban J connectivity index is 1.71. The van der Waals surface area contributed by atoms with Gasteiger partial charge in [-0.2, -0.15) is 0 Å². The molecule has 0 aliphatic heterocycles. The summed E-state index contributed by atoms with van der Waals surface area (Å²) in [5, 5.41) is 9.13. The Bertz CT molecular complexity index is 934. The fraction of sp³-hybridized carbons (Fsp3) is 0.471. The van der Waals surface area contributed by atoms with E-state index in [-0.39, 0.29) is 23.7 Å². The van der Waals surface area contributed by atoms with Crippen LogP contribution in [0, 0.1) is 12.7 Å². The van der Waals surface area contributed by atoms with Gasteiger partial charge in [-0.25, -0.2) is 17.5 Å². The third-order valence-corrected chi connectivity index (χ3v) is 6.32. The van der Waals surface area contributed by atoms with Crippen LogP contribution in [0.5, 0.6) is 0 Å². The van der Waals surface area contributed by atoms with Gasteiger partial charge in [0, 0.05) is 23.0 Å². The lowest BCUT2D eigenvalue weighted by Gasteiger charge is -2.41. The third kappa shape index (κ3) is 3.60. The Hall–Kier alpha value is -1.97. The lowest BCUT2D eigenvalue weighted by Crippen LogP contribution is -2.54. The molecule has 0 spiro atoms. The summed E-state index contributed by atoms with van der Waals surface area (Å²) < 4.78 is 46.7. The topological polar surface area (TPSA) is 99.9 Å². The first kappa shape index (κ1) is 18.8. The van der Waals surface area contributed by atoms with Gasteiger partial charge in [0.05, 0.1) is 6.54 Å². The number of benzene rings is 1. The molecule has 26 heavy (non-hydrogen) atoms. The Morgan fingerprint density at radius 1 is 1.42 bits per heavy atom. The number of sulfonamides is 1. The van der Waals surface area contributed by atoms with Crippen LogP contribution in [0.2, 0.25) is 0 Å². The van der Waals surface area contributed by atoms with Crippen LogP contribution in [0.4, 0.5) is 4.39 Å². The highest BCUT2D eigenvalue weighted by Crippen LogP contribution is 2.31. The van der Waals surface area contributed by atoms with Crippen molar-refractivity contribution in [1.29, 1.82) is 0 Å². The van der Waals surface area contributed by atoms with Crippen LogP contribution in [-0.2, 0) is 14.8 Å². The van der Waals surface area contributed by atoms with Crippen molar-refractivity contribution < 1.29 is 27.1 Å². The number of likely N-dealkylation sites (N-methyl/N-ethyl adjacent to an activating group) is 1. The summed E-state index contributed by atoms with van der Waals surface area (Å²) in [6.45, 7) is 3.98. The van der Waals surface area contributed by atoms with E-state index in [9.17, 15) is 17.6 Å². The molecule has 2 N–H and O–H groups in total. The molecule has 0 bridgehead atoms. The van der Waals surface area contributed by atoms with Crippen molar-refractivity contribution in [2.24, 2.45) is 0 Å². The van der Waals surface area contributed by atoms with Crippen molar-refractivity contribution in [2.75, 3.05) is 13.1 Å². The molecule has 1 aromatic carbocycles. The Morgan fingerprint density at radius 3 is 2.73 bits per heavy atom. The van der Waals surface area contributed by atoms with Crippen LogP contribution < -0.4 is 4.72 Å². The summed E-state index contributed by atoms with van der Waals surface area (Å²) in [4.78, 5) is 12.7. The molecule has 1 heterocycles. The first-order valence-electron chi connectivity index (χ1n) is 8.38. The van der Waals surface area contributed by atoms with Crippen LogP contribution >= 0.6 is 0 Å². The summed E-state index contributed by atoms with van der Waals surface area (Å²) in [5.41, 5.74) is 0.679. The monoisotopic (exact) mass is 384 g/mol. The highest BCUT2D eigenvalue weighted by molar-refractivity contribution is 7.89. The SMILES string of the molecule is CCN(CC(=O)O)C1CC(NS(=O)(=O)c2oc3ccc(F)cc3c2C)C1. The molecule has 1 aliphatic rings. The number of fused-ring (bicyclic) bond motifs is 1. The average molecular weight is 384 g/mol. The molecule has 1 saturated carbocycles. The van der Waals surface area contributed by atoms with E-state index in [0.717, 1.165) is 0 Å². The van der Waals surface area contributed by atoms with E-state index in [0.29, 0.717) is 35.9 Å². The zero-order valence-electron chi connectivity index (χ0n) is 14.5. The van der Waals surface area contributed by atoms with Gasteiger partial charge in [-0.15, -0.1) is 0 Å². The number of carboxylic acids is 1. The molecule has 1 aliphatic carbocycles. The standard InChI is InChI=1S/C17H21FN2O5S/c1-3-20(9-16(21)22)13-7-12(8-13)19-26(23,24)17-10(2)14-6-11(18)4-5-15(14)25-17/h4-6,12-13,19H,3,7-9H2,1-2H3,(H,21,22). The molecule has 1 fully saturated rings. The second-order valence-corrected chi connectivity index (χ2v) is 8.17. The first-order chi connectivity index (χ1) is 12.2. The highest BCUT2D eigenvalue weighted by atomic mass is 32.2. The molecule has 0 saturated heterocycles. The first-order valence-corrected chi connectivity index (χ1v) is 9.86. The van der Waals surface area contributed by atoms with Crippen LogP contribution in [0.1, 0.15) is 25.3 Å². The number of hydrogen-bond donors (Lipinski definition) is 2. The summed E-state index contributed by atoms with van der Waals surface area (Å²) >= 11 is 0. The van der Waals surface area contributed by atoms with Crippen molar-refractivity contribution in [3.8, 4) is 0 Å². The van der Waals surface area contributed by atoms with Gasteiger partial charge in [-0.05, 0) is 44.5 Å². The maximum atomic E-state index is 13.4. The quantitative estimate of drug-likeness (QED) is 0.758. The van der Waals surface area contributed by atoms with Gasteiger partial charge < -0.3 is 9.52 Å². The average Bonchev–Trinajstić information content (AvgIpc) is 2.86. The van der Waals surface area contributed by atoms with Crippen molar-refractivity contribution in [3.63, 3.8) is 0 Å². The third-order valence-electron chi connectivity index (χ3n) is 4.79. The van der Waals surface area contributed by atoms with Crippen LogP contribution in [-0.4, -0.2) is 49.6 Å². The van der Waals surface area contributed by atoms with Gasteiger partial charge in [-0.1, -0.05) is 6.92 Å². The minimum atomic E-state index is -3.88. The second kappa shape index (κ2) is 6.98. The lowest BCUT2D eigenvalue weighted by molar-refractivity contribution is -0.139. The smallest absolute Gasteiger partial charge is 0.317 e. The maximum Gasteiger partial charge on any atom is 0.317 e. The van der Waals surface area contributed by atoms with E-state index in [1.54, 1.807) is 6.92 Å². The minimum Gasteiger partial charge on any atom is -0.480 e. The van der Waals surface area contributed by atoms with Gasteiger partial charge in [0.15, 0.2) is 0 Å². The fourth-order valence-corrected chi connectivity index (χ4v) is 4.81. The molecule has 0 atom stereocenters. The number of nitrogens with zero attached hydrogens (tertiary/aromatic N) is 1. The molecule has 0 amide bonds. The molecule has 3 rings (SSSR count). The van der Waals surface area contributed by atoms with E-state index in [4.69, 9.17) is 9.52 Å². The highest BCUT2D eigenvalue weighted by Gasteiger charge is 2.37. The van der Waals surface area contributed by atoms with Gasteiger partial charge in [-0.3, -0.25) is 9.69 Å². The molecule has 0 unspecified atom stereocenters. The molecular weight excluding hydrogens is 363 g/mol. The predicted octanol–water partition coefficient (Wildman–Crippen LogP) is 2.10. The number of hydrogen-bond acceptors (Lipinski definition) is 5. The molecule has 2 aromatic rings. The minimum absolute atomic E-state index is 0.0367. The molecule has 7 nitrogen and oxygen atoms in total. The molecule has 142 valence electrons. The Labute approximate surface area is 150 Å². The Morgan fingerprint density at radius 2 is 2.12 bits per heavy atom. The van der Waals surface area contributed by atoms with Crippen molar-refractivity contribution in [3.05, 3.63) is 29.6 Å². The lowest BCUT2D eigenvalue weighted by atomic mass is 9.86. The number of aryl methyl sites for hydroxylation is 1. The molecular formula is C17H21FN2O5S. The predicted molar refractivity (Wildman–Crippen MR) is 92.9 cm³/mol. The number of nitrogens with one attached hydrogen (secondary N) is 1. The number of halogens is 1. The van der Waals surface area contributed by atoms with Crippen molar-refractivity contribution >= 4 is 27.0 Å². The number of aliphatic carboxylic acids is 1. The maximum absolute atomic E-state index is 13.4. The van der Waals surface area contributed by atoms with Crippen molar-refractivity contribution in [2.45, 2.75) is 43.9 Å². The summed E-state index contributed by atoms with van der Waals surface area (Å²) in [7, 11) is -3.88. The van der Waals surface area contributed by atoms with Gasteiger partial charge in [0.25, 0.3) is 10.0 Å². The van der Waals surface area contributed by atoms with E-state index in [1.165, 1.54) is 18.2 Å². The summed E-state index contributed by atoms with van der Waals surface area (Å²) in [6.07, 6.45) is 1.07. The second-order valence-electron chi connectivity index (χ2n) is 6.56. The van der Waals surface area contributed by atoms with Crippen LogP contribution in [0.25, 0.3) is 11.0 Å². The normalized spacial score (nSPS) is 20.5. The van der Waals surface area contributed by atoms with Gasteiger partial charge in [0.2, 0.25) is 5.09 Å². The fourth-order valence-electron chi connectivity index (χ4n) is 3.35. The van der Waals surface area contributed by atoms with E-state index in [2.05, 4.69) is 4.72 Å². The molecule has 1 aromatic heterocycles. The zero-order chi connectivity index (χ0) is 19.1. The Kier molecular flexibility index (Phi) is 5.05. The zero-order valence-corrected chi connectivity index (χ0v) is 15.3. The number of rotatable bonds is 7. The number of carboxylic acid groups (broad SMARTS) is 1. The number of carbonyl (C=O) groups is 1. The largest absolute Gasteiger partial charge is 0.480 e. The summed E-state index contributed by atoms with van der Waals surface area (Å²) in [5.74, 6) is -1.36. The van der Waals surface area contributed by atoms with E-state index < -0.39 is 21.8 Å². The van der Waals surface area contributed by atoms with E-state index in [1.807, 2.05) is 11.8 Å². The number of furan rings is 1. The van der Waals surface area contributed by atoms with Crippen molar-refractivity contribution in [1.82, 2.24) is 9.62 Å². The van der Waals surface area contributed by atoms with Gasteiger partial charge in [0.1, 0.15) is 11.4 Å². The van der Waals surface area contributed by atoms with Crippen LogP contribution in [0.3, 0.4) is 0 Å². The van der Waals surface area contributed by atoms with Crippen LogP contribution in [0.15, 0.2) is 27.7 Å². The van der Waals surface area contributed by atoms with E-state index >= 15 is 0 Å². The summed E-state index contributed by atoms with van der Waals surface area (Å²) in [6, 6.07) is 3.62. The van der Waals surface area contributed by atoms with Gasteiger partial charge >= 0.3 is 5.97 Å². The molecule has 0 radical (unpaired) electrons. The molecule has 9 heteroatoms.